The maximum Gasteiger partial charge on any atom is 0.128 e. The highest BCUT2D eigenvalue weighted by molar-refractivity contribution is 5.48. The molecule has 0 aliphatic carbocycles. The lowest BCUT2D eigenvalue weighted by atomic mass is 10.3. The van der Waals surface area contributed by atoms with Crippen molar-refractivity contribution in [3.05, 3.63) is 42.6 Å². The highest BCUT2D eigenvalue weighted by Gasteiger charge is 2.02. The van der Waals surface area contributed by atoms with E-state index in [4.69, 9.17) is 0 Å². The molecule has 0 spiro atoms. The third kappa shape index (κ3) is 3.64. The van der Waals surface area contributed by atoms with Gasteiger partial charge in [-0.2, -0.15) is 0 Å². The fraction of sp³-hybridized carbons (Fsp3) is 0.357. The molecule has 19 heavy (non-hydrogen) atoms. The normalized spacial score (nSPS) is 10.2. The molecular weight excluding hydrogens is 238 g/mol. The molecule has 0 radical (unpaired) electrons. The topological polar surface area (TPSA) is 53.9 Å². The van der Waals surface area contributed by atoms with E-state index < -0.39 is 0 Å². The first-order chi connectivity index (χ1) is 9.33. The monoisotopic (exact) mass is 257 g/mol. The summed E-state index contributed by atoms with van der Waals surface area (Å²) in [5.74, 6) is 1.01. The first-order valence-electron chi connectivity index (χ1n) is 6.53. The summed E-state index contributed by atoms with van der Waals surface area (Å²) in [5, 5.41) is 3.29. The van der Waals surface area contributed by atoms with Crippen LogP contribution in [0.1, 0.15) is 19.5 Å². The highest BCUT2D eigenvalue weighted by atomic mass is 15.2. The molecule has 0 fully saturated rings. The fourth-order valence-corrected chi connectivity index (χ4v) is 1.84. The molecule has 0 unspecified atom stereocenters. The summed E-state index contributed by atoms with van der Waals surface area (Å²) in [7, 11) is 0. The van der Waals surface area contributed by atoms with Crippen LogP contribution in [0.15, 0.2) is 36.9 Å². The van der Waals surface area contributed by atoms with Crippen LogP contribution in [0.4, 0.5) is 11.5 Å². The van der Waals surface area contributed by atoms with Crippen molar-refractivity contribution >= 4 is 11.5 Å². The van der Waals surface area contributed by atoms with Crippen molar-refractivity contribution in [3.8, 4) is 0 Å². The first kappa shape index (κ1) is 13.3. The number of hydrogen-bond donors (Lipinski definition) is 1. The lowest BCUT2D eigenvalue weighted by Gasteiger charge is -2.19. The summed E-state index contributed by atoms with van der Waals surface area (Å²) >= 11 is 0. The largest absolute Gasteiger partial charge is 0.378 e. The van der Waals surface area contributed by atoms with Crippen LogP contribution in [0.3, 0.4) is 0 Å². The van der Waals surface area contributed by atoms with Gasteiger partial charge in [0.05, 0.1) is 24.1 Å². The summed E-state index contributed by atoms with van der Waals surface area (Å²) in [6.45, 7) is 6.88. The Labute approximate surface area is 113 Å². The zero-order chi connectivity index (χ0) is 13.5. The molecular formula is C14H19N5. The standard InChI is InChI=1S/C14H19N5/c1-3-19(4-2)14-6-5-12(10-17-14)16-9-13-7-8-15-11-18-13/h5-8,10-11,16H,3-4,9H2,1-2H3. The van der Waals surface area contributed by atoms with Crippen molar-refractivity contribution in [2.45, 2.75) is 20.4 Å². The third-order valence-electron chi connectivity index (χ3n) is 2.95. The minimum Gasteiger partial charge on any atom is -0.378 e. The lowest BCUT2D eigenvalue weighted by molar-refractivity contribution is 0.846. The number of pyridine rings is 1. The lowest BCUT2D eigenvalue weighted by Crippen LogP contribution is -2.22. The maximum atomic E-state index is 4.46. The predicted molar refractivity (Wildman–Crippen MR) is 77.2 cm³/mol. The Balaban J connectivity index is 1.95. The Kier molecular flexibility index (Phi) is 4.66. The third-order valence-corrected chi connectivity index (χ3v) is 2.95. The van der Waals surface area contributed by atoms with E-state index in [-0.39, 0.29) is 0 Å². The van der Waals surface area contributed by atoms with Crippen molar-refractivity contribution in [3.63, 3.8) is 0 Å². The number of aromatic nitrogens is 3. The van der Waals surface area contributed by atoms with Crippen molar-refractivity contribution in [1.82, 2.24) is 15.0 Å². The van der Waals surface area contributed by atoms with Crippen molar-refractivity contribution in [2.24, 2.45) is 0 Å². The van der Waals surface area contributed by atoms with E-state index in [1.54, 1.807) is 12.5 Å². The van der Waals surface area contributed by atoms with Gasteiger partial charge in [-0.15, -0.1) is 0 Å². The predicted octanol–water partition coefficient (Wildman–Crippen LogP) is 2.33. The smallest absolute Gasteiger partial charge is 0.128 e. The second-order valence-corrected chi connectivity index (χ2v) is 4.13. The van der Waals surface area contributed by atoms with Crippen LogP contribution in [0.2, 0.25) is 0 Å². The molecule has 0 aromatic carbocycles. The summed E-state index contributed by atoms with van der Waals surface area (Å²) in [6, 6.07) is 5.97. The number of nitrogens with zero attached hydrogens (tertiary/aromatic N) is 4. The first-order valence-corrected chi connectivity index (χ1v) is 6.53. The van der Waals surface area contributed by atoms with Gasteiger partial charge in [0, 0.05) is 19.3 Å². The van der Waals surface area contributed by atoms with E-state index in [9.17, 15) is 0 Å². The second-order valence-electron chi connectivity index (χ2n) is 4.13. The van der Waals surface area contributed by atoms with Crippen LogP contribution in [0.25, 0.3) is 0 Å². The van der Waals surface area contributed by atoms with Crippen LogP contribution < -0.4 is 10.2 Å². The van der Waals surface area contributed by atoms with Crippen LogP contribution >= 0.6 is 0 Å². The molecule has 0 amide bonds. The summed E-state index contributed by atoms with van der Waals surface area (Å²) in [5.41, 5.74) is 1.96. The minimum atomic E-state index is 0.675. The van der Waals surface area contributed by atoms with Gasteiger partial charge in [-0.05, 0) is 32.0 Å². The molecule has 5 heteroatoms. The van der Waals surface area contributed by atoms with Gasteiger partial charge in [-0.3, -0.25) is 0 Å². The zero-order valence-electron chi connectivity index (χ0n) is 11.4. The van der Waals surface area contributed by atoms with E-state index in [2.05, 4.69) is 39.0 Å². The molecule has 5 nitrogen and oxygen atoms in total. The molecule has 2 rings (SSSR count). The number of rotatable bonds is 6. The molecule has 0 saturated carbocycles. The Bertz CT molecular complexity index is 479. The quantitative estimate of drug-likeness (QED) is 0.860. The second kappa shape index (κ2) is 6.68. The van der Waals surface area contributed by atoms with E-state index in [1.807, 2.05) is 24.4 Å². The van der Waals surface area contributed by atoms with Crippen molar-refractivity contribution in [1.29, 1.82) is 0 Å². The summed E-state index contributed by atoms with van der Waals surface area (Å²) in [4.78, 5) is 14.7. The fourth-order valence-electron chi connectivity index (χ4n) is 1.84. The number of hydrogen-bond acceptors (Lipinski definition) is 5. The van der Waals surface area contributed by atoms with Crippen LogP contribution in [-0.4, -0.2) is 28.0 Å². The average Bonchev–Trinajstić information content (AvgIpc) is 2.49. The van der Waals surface area contributed by atoms with Crippen molar-refractivity contribution < 1.29 is 0 Å². The van der Waals surface area contributed by atoms with Gasteiger partial charge in [0.2, 0.25) is 0 Å². The van der Waals surface area contributed by atoms with E-state index in [0.29, 0.717) is 6.54 Å². The van der Waals surface area contributed by atoms with Crippen molar-refractivity contribution in [2.75, 3.05) is 23.3 Å². The zero-order valence-corrected chi connectivity index (χ0v) is 11.4. The van der Waals surface area contributed by atoms with Gasteiger partial charge < -0.3 is 10.2 Å². The summed E-state index contributed by atoms with van der Waals surface area (Å²) in [6.07, 6.45) is 5.15. The molecule has 0 atom stereocenters. The van der Waals surface area contributed by atoms with Gasteiger partial charge in [-0.1, -0.05) is 0 Å². The van der Waals surface area contributed by atoms with Gasteiger partial charge in [0.25, 0.3) is 0 Å². The summed E-state index contributed by atoms with van der Waals surface area (Å²) < 4.78 is 0. The van der Waals surface area contributed by atoms with Crippen LogP contribution in [-0.2, 0) is 6.54 Å². The Morgan fingerprint density at radius 3 is 2.53 bits per heavy atom. The highest BCUT2D eigenvalue weighted by Crippen LogP contribution is 2.14. The molecule has 100 valence electrons. The molecule has 2 aromatic rings. The van der Waals surface area contributed by atoms with Gasteiger partial charge >= 0.3 is 0 Å². The minimum absolute atomic E-state index is 0.675. The molecule has 0 saturated heterocycles. The van der Waals surface area contributed by atoms with Crippen LogP contribution in [0, 0.1) is 0 Å². The maximum absolute atomic E-state index is 4.46. The molecule has 0 aliphatic heterocycles. The molecule has 1 N–H and O–H groups in total. The Morgan fingerprint density at radius 1 is 1.11 bits per heavy atom. The average molecular weight is 257 g/mol. The Morgan fingerprint density at radius 2 is 1.95 bits per heavy atom. The number of nitrogens with one attached hydrogen (secondary N) is 1. The SMILES string of the molecule is CCN(CC)c1ccc(NCc2ccncn2)cn1. The molecule has 0 aliphatic rings. The van der Waals surface area contributed by atoms with Crippen LogP contribution in [0.5, 0.6) is 0 Å². The van der Waals surface area contributed by atoms with Gasteiger partial charge in [0.1, 0.15) is 12.1 Å². The van der Waals surface area contributed by atoms with E-state index in [1.165, 1.54) is 0 Å². The van der Waals surface area contributed by atoms with Gasteiger partial charge in [0.15, 0.2) is 0 Å². The molecule has 0 bridgehead atoms. The van der Waals surface area contributed by atoms with Gasteiger partial charge in [-0.25, -0.2) is 15.0 Å². The number of anilines is 2. The van der Waals surface area contributed by atoms with E-state index in [0.717, 1.165) is 30.3 Å². The molecule has 2 aromatic heterocycles. The van der Waals surface area contributed by atoms with E-state index >= 15 is 0 Å². The molecule has 2 heterocycles. The Hall–Kier alpha value is -2.17.